The summed E-state index contributed by atoms with van der Waals surface area (Å²) in [6.07, 6.45) is 3.14. The second kappa shape index (κ2) is 6.29. The highest BCUT2D eigenvalue weighted by Gasteiger charge is 2.15. The summed E-state index contributed by atoms with van der Waals surface area (Å²) in [6, 6.07) is 3.11. The maximum Gasteiger partial charge on any atom is 0.335 e. The minimum atomic E-state index is -0.928. The third-order valence-corrected chi connectivity index (χ3v) is 3.30. The summed E-state index contributed by atoms with van der Waals surface area (Å²) in [5.41, 5.74) is 1.06. The van der Waals surface area contributed by atoms with Crippen LogP contribution in [0.2, 0.25) is 0 Å². The van der Waals surface area contributed by atoms with Gasteiger partial charge in [-0.25, -0.2) is 4.79 Å². The zero-order valence-corrected chi connectivity index (χ0v) is 10.7. The number of hydrogen-bond donors (Lipinski definition) is 1. The molecule has 6 nitrogen and oxygen atoms in total. The van der Waals surface area contributed by atoms with Crippen LogP contribution < -0.4 is 0 Å². The van der Waals surface area contributed by atoms with E-state index in [-0.39, 0.29) is 5.56 Å². The molecular formula is C13H17N3O3. The number of hydrogen-bond acceptors (Lipinski definition) is 4. The highest BCUT2D eigenvalue weighted by atomic mass is 16.4. The van der Waals surface area contributed by atoms with Crippen molar-refractivity contribution in [2.45, 2.75) is 6.42 Å². The van der Waals surface area contributed by atoms with Gasteiger partial charge >= 0.3 is 5.97 Å². The van der Waals surface area contributed by atoms with Crippen LogP contribution in [0.4, 0.5) is 0 Å². The second-order valence-corrected chi connectivity index (χ2v) is 4.57. The number of rotatable bonds is 5. The average molecular weight is 263 g/mol. The van der Waals surface area contributed by atoms with Crippen LogP contribution in [0.3, 0.4) is 0 Å². The van der Waals surface area contributed by atoms with Crippen molar-refractivity contribution in [1.29, 1.82) is 0 Å². The Labute approximate surface area is 111 Å². The van der Waals surface area contributed by atoms with Crippen molar-refractivity contribution in [3.05, 3.63) is 29.6 Å². The molecule has 0 unspecified atom stereocenters. The molecule has 1 saturated heterocycles. The summed E-state index contributed by atoms with van der Waals surface area (Å²) >= 11 is 0. The van der Waals surface area contributed by atoms with Gasteiger partial charge in [-0.1, -0.05) is 0 Å². The van der Waals surface area contributed by atoms with Crippen LogP contribution in [0.5, 0.6) is 0 Å². The van der Waals surface area contributed by atoms with E-state index in [0.29, 0.717) is 0 Å². The van der Waals surface area contributed by atoms with Crippen molar-refractivity contribution in [2.24, 2.45) is 0 Å². The normalized spacial score (nSPS) is 16.3. The van der Waals surface area contributed by atoms with Crippen LogP contribution in [0.25, 0.3) is 0 Å². The molecule has 1 amide bonds. The van der Waals surface area contributed by atoms with E-state index in [0.717, 1.165) is 51.2 Å². The number of pyridine rings is 1. The van der Waals surface area contributed by atoms with E-state index in [4.69, 9.17) is 5.11 Å². The lowest BCUT2D eigenvalue weighted by Gasteiger charge is -2.32. The van der Waals surface area contributed by atoms with E-state index in [2.05, 4.69) is 9.88 Å². The Hall–Kier alpha value is -1.95. The highest BCUT2D eigenvalue weighted by Crippen LogP contribution is 2.05. The summed E-state index contributed by atoms with van der Waals surface area (Å²) in [5, 5.41) is 8.91. The van der Waals surface area contributed by atoms with Gasteiger partial charge in [0.2, 0.25) is 6.41 Å². The van der Waals surface area contributed by atoms with Crippen molar-refractivity contribution >= 4 is 12.4 Å². The van der Waals surface area contributed by atoms with E-state index < -0.39 is 5.97 Å². The number of carboxylic acid groups (broad SMARTS) is 1. The molecular weight excluding hydrogens is 246 g/mol. The molecule has 19 heavy (non-hydrogen) atoms. The molecule has 1 fully saturated rings. The molecule has 0 bridgehead atoms. The number of aromatic nitrogens is 1. The van der Waals surface area contributed by atoms with E-state index >= 15 is 0 Å². The van der Waals surface area contributed by atoms with E-state index in [1.54, 1.807) is 11.0 Å². The number of amides is 1. The van der Waals surface area contributed by atoms with Crippen molar-refractivity contribution < 1.29 is 14.7 Å². The molecule has 0 saturated carbocycles. The fourth-order valence-corrected chi connectivity index (χ4v) is 2.11. The monoisotopic (exact) mass is 263 g/mol. The maximum atomic E-state index is 10.9. The van der Waals surface area contributed by atoms with Gasteiger partial charge in [-0.2, -0.15) is 0 Å². The molecule has 102 valence electrons. The lowest BCUT2D eigenvalue weighted by molar-refractivity contribution is -0.119. The fraction of sp³-hybridized carbons (Fsp3) is 0.462. The maximum absolute atomic E-state index is 10.9. The molecule has 1 aromatic rings. The SMILES string of the molecule is O=CN1CCN(CCc2cc(C(=O)O)ccn2)CC1. The van der Waals surface area contributed by atoms with Gasteiger partial charge in [0, 0.05) is 51.0 Å². The minimum Gasteiger partial charge on any atom is -0.478 e. The Morgan fingerprint density at radius 1 is 1.37 bits per heavy atom. The predicted octanol–water partition coefficient (Wildman–Crippen LogP) is 0.0963. The highest BCUT2D eigenvalue weighted by molar-refractivity contribution is 5.87. The van der Waals surface area contributed by atoms with E-state index in [9.17, 15) is 9.59 Å². The summed E-state index contributed by atoms with van der Waals surface area (Å²) in [5.74, 6) is -0.928. The number of nitrogens with zero attached hydrogens (tertiary/aromatic N) is 3. The van der Waals surface area contributed by atoms with Crippen molar-refractivity contribution in [3.63, 3.8) is 0 Å². The first-order chi connectivity index (χ1) is 9.19. The van der Waals surface area contributed by atoms with Gasteiger partial charge in [0.1, 0.15) is 0 Å². The summed E-state index contributed by atoms with van der Waals surface area (Å²) in [7, 11) is 0. The third kappa shape index (κ3) is 3.75. The first-order valence-electron chi connectivity index (χ1n) is 6.29. The van der Waals surface area contributed by atoms with E-state index in [1.807, 2.05) is 0 Å². The molecule has 0 aromatic carbocycles. The lowest BCUT2D eigenvalue weighted by Crippen LogP contribution is -2.46. The van der Waals surface area contributed by atoms with Gasteiger partial charge in [0.15, 0.2) is 0 Å². The van der Waals surface area contributed by atoms with E-state index in [1.165, 1.54) is 12.3 Å². The van der Waals surface area contributed by atoms with Crippen LogP contribution in [-0.4, -0.2) is 65.0 Å². The summed E-state index contributed by atoms with van der Waals surface area (Å²) in [6.45, 7) is 4.07. The largest absolute Gasteiger partial charge is 0.478 e. The average Bonchev–Trinajstić information content (AvgIpc) is 2.46. The summed E-state index contributed by atoms with van der Waals surface area (Å²) < 4.78 is 0. The molecule has 2 heterocycles. The molecule has 1 aliphatic heterocycles. The fourth-order valence-electron chi connectivity index (χ4n) is 2.11. The van der Waals surface area contributed by atoms with Crippen LogP contribution in [-0.2, 0) is 11.2 Å². The standard InChI is InChI=1S/C13H17N3O3/c17-10-16-7-5-15(6-8-16)4-2-12-9-11(13(18)19)1-3-14-12/h1,3,9-10H,2,4-8H2,(H,18,19). The molecule has 1 aliphatic rings. The molecule has 6 heteroatoms. The van der Waals surface area contributed by atoms with Crippen molar-refractivity contribution in [2.75, 3.05) is 32.7 Å². The van der Waals surface area contributed by atoms with Gasteiger partial charge < -0.3 is 10.0 Å². The molecule has 2 rings (SSSR count). The number of carbonyl (C=O) groups is 2. The smallest absolute Gasteiger partial charge is 0.335 e. The molecule has 0 spiro atoms. The van der Waals surface area contributed by atoms with Gasteiger partial charge in [0.05, 0.1) is 5.56 Å². The number of carboxylic acids is 1. The topological polar surface area (TPSA) is 73.7 Å². The van der Waals surface area contributed by atoms with Crippen LogP contribution in [0.15, 0.2) is 18.3 Å². The van der Waals surface area contributed by atoms with Gasteiger partial charge in [0.25, 0.3) is 0 Å². The predicted molar refractivity (Wildman–Crippen MR) is 69.0 cm³/mol. The molecule has 0 atom stereocenters. The van der Waals surface area contributed by atoms with Crippen molar-refractivity contribution in [3.8, 4) is 0 Å². The van der Waals surface area contributed by atoms with Gasteiger partial charge in [-0.3, -0.25) is 14.7 Å². The van der Waals surface area contributed by atoms with Crippen molar-refractivity contribution in [1.82, 2.24) is 14.8 Å². The Morgan fingerprint density at radius 2 is 2.11 bits per heavy atom. The molecule has 0 radical (unpaired) electrons. The van der Waals surface area contributed by atoms with Gasteiger partial charge in [-0.05, 0) is 12.1 Å². The van der Waals surface area contributed by atoms with Gasteiger partial charge in [-0.15, -0.1) is 0 Å². The lowest BCUT2D eigenvalue weighted by atomic mass is 10.2. The third-order valence-electron chi connectivity index (χ3n) is 3.30. The Balaban J connectivity index is 1.84. The first-order valence-corrected chi connectivity index (χ1v) is 6.29. The Kier molecular flexibility index (Phi) is 4.46. The summed E-state index contributed by atoms with van der Waals surface area (Å²) in [4.78, 5) is 29.6. The van der Waals surface area contributed by atoms with Crippen LogP contribution in [0, 0.1) is 0 Å². The quantitative estimate of drug-likeness (QED) is 0.762. The number of aromatic carboxylic acids is 1. The molecule has 1 aromatic heterocycles. The van der Waals surface area contributed by atoms with Crippen LogP contribution in [0.1, 0.15) is 16.1 Å². The second-order valence-electron chi connectivity index (χ2n) is 4.57. The number of carbonyl (C=O) groups excluding carboxylic acids is 1. The zero-order chi connectivity index (χ0) is 13.7. The zero-order valence-electron chi connectivity index (χ0n) is 10.7. The Bertz CT molecular complexity index is 456. The Morgan fingerprint density at radius 3 is 2.74 bits per heavy atom. The number of piperazine rings is 1. The molecule has 0 aliphatic carbocycles. The minimum absolute atomic E-state index is 0.274. The molecule has 1 N–H and O–H groups in total. The first kappa shape index (κ1) is 13.5. The van der Waals surface area contributed by atoms with Crippen LogP contribution >= 0.6 is 0 Å².